The third kappa shape index (κ3) is 8.83. The van der Waals surface area contributed by atoms with Gasteiger partial charge in [0.2, 0.25) is 0 Å². The number of guanidine groups is 1. The van der Waals surface area contributed by atoms with Crippen LogP contribution in [-0.4, -0.2) is 65.7 Å². The summed E-state index contributed by atoms with van der Waals surface area (Å²) in [6, 6.07) is 5.99. The summed E-state index contributed by atoms with van der Waals surface area (Å²) in [5.41, 5.74) is 1.18. The maximum atomic E-state index is 5.77. The molecule has 160 valence electrons. The number of hydrogen-bond acceptors (Lipinski definition) is 5. The predicted molar refractivity (Wildman–Crippen MR) is 122 cm³/mol. The molecule has 1 aliphatic rings. The predicted octanol–water partition coefficient (Wildman–Crippen LogP) is 2.62. The van der Waals surface area contributed by atoms with E-state index in [1.165, 1.54) is 5.56 Å². The summed E-state index contributed by atoms with van der Waals surface area (Å²) >= 11 is 0. The molecule has 28 heavy (non-hydrogen) atoms. The first-order valence-corrected chi connectivity index (χ1v) is 9.69. The molecule has 0 saturated carbocycles. The number of halogens is 1. The molecule has 1 aromatic carbocycles. The van der Waals surface area contributed by atoms with E-state index < -0.39 is 0 Å². The highest BCUT2D eigenvalue weighted by Crippen LogP contribution is 2.27. The molecule has 1 unspecified atom stereocenters. The minimum atomic E-state index is 0. The van der Waals surface area contributed by atoms with E-state index in [0.717, 1.165) is 76.2 Å². The number of benzene rings is 1. The van der Waals surface area contributed by atoms with Crippen LogP contribution in [0.25, 0.3) is 0 Å². The number of nitrogens with one attached hydrogen (secondary N) is 2. The van der Waals surface area contributed by atoms with Crippen LogP contribution < -0.4 is 20.1 Å². The van der Waals surface area contributed by atoms with Crippen molar-refractivity contribution in [2.75, 3.05) is 53.7 Å². The van der Waals surface area contributed by atoms with Crippen molar-refractivity contribution in [3.05, 3.63) is 23.8 Å². The minimum absolute atomic E-state index is 0. The molecule has 0 aliphatic carbocycles. The van der Waals surface area contributed by atoms with Gasteiger partial charge in [-0.2, -0.15) is 0 Å². The minimum Gasteiger partial charge on any atom is -0.493 e. The lowest BCUT2D eigenvalue weighted by atomic mass is 10.1. The standard InChI is InChI=1S/C20H33N3O4.HI/c1-4-21-20(22-10-5-12-27-17-9-13-26-15-17)23-11-8-16-6-7-18(24-2)19(14-16)25-3;/h6-7,14,17H,4-5,8-13,15H2,1-3H3,(H2,21,22,23);1H. The van der Waals surface area contributed by atoms with E-state index in [-0.39, 0.29) is 30.1 Å². The van der Waals surface area contributed by atoms with E-state index in [2.05, 4.69) is 28.6 Å². The zero-order valence-corrected chi connectivity index (χ0v) is 19.5. The van der Waals surface area contributed by atoms with Crippen LogP contribution in [0.15, 0.2) is 23.2 Å². The fraction of sp³-hybridized carbons (Fsp3) is 0.650. The number of nitrogens with zero attached hydrogens (tertiary/aromatic N) is 1. The van der Waals surface area contributed by atoms with Gasteiger partial charge in [0.25, 0.3) is 0 Å². The molecule has 1 aliphatic heterocycles. The van der Waals surface area contributed by atoms with Crippen molar-refractivity contribution in [3.8, 4) is 11.5 Å². The van der Waals surface area contributed by atoms with Crippen molar-refractivity contribution in [1.29, 1.82) is 0 Å². The van der Waals surface area contributed by atoms with Crippen molar-refractivity contribution < 1.29 is 18.9 Å². The maximum absolute atomic E-state index is 5.77. The molecule has 2 N–H and O–H groups in total. The SMILES string of the molecule is CCNC(=NCCCOC1CCOC1)NCCc1ccc(OC)c(OC)c1.I. The Bertz CT molecular complexity index is 581. The third-order valence-electron chi connectivity index (χ3n) is 4.31. The molecule has 1 saturated heterocycles. The Morgan fingerprint density at radius 3 is 2.71 bits per heavy atom. The Morgan fingerprint density at radius 2 is 2.04 bits per heavy atom. The lowest BCUT2D eigenvalue weighted by molar-refractivity contribution is 0.0424. The molecule has 0 amide bonds. The fourth-order valence-corrected chi connectivity index (χ4v) is 2.85. The number of aliphatic imine (C=N–C) groups is 1. The normalized spacial score (nSPS) is 16.4. The van der Waals surface area contributed by atoms with Crippen LogP contribution >= 0.6 is 24.0 Å². The van der Waals surface area contributed by atoms with Crippen molar-refractivity contribution in [1.82, 2.24) is 10.6 Å². The van der Waals surface area contributed by atoms with Gasteiger partial charge in [0.1, 0.15) is 0 Å². The van der Waals surface area contributed by atoms with Gasteiger partial charge < -0.3 is 29.6 Å². The van der Waals surface area contributed by atoms with Gasteiger partial charge in [-0.15, -0.1) is 24.0 Å². The van der Waals surface area contributed by atoms with Gasteiger partial charge in [0, 0.05) is 32.8 Å². The van der Waals surface area contributed by atoms with Crippen LogP contribution in [0.3, 0.4) is 0 Å². The van der Waals surface area contributed by atoms with E-state index in [4.69, 9.17) is 18.9 Å². The van der Waals surface area contributed by atoms with Gasteiger partial charge in [0.05, 0.1) is 26.9 Å². The number of methoxy groups -OCH3 is 2. The molecular formula is C20H34IN3O4. The molecule has 1 fully saturated rings. The second-order valence-corrected chi connectivity index (χ2v) is 6.34. The molecule has 1 aromatic rings. The van der Waals surface area contributed by atoms with Gasteiger partial charge in [-0.1, -0.05) is 6.07 Å². The zero-order valence-electron chi connectivity index (χ0n) is 17.2. The molecule has 0 aromatic heterocycles. The monoisotopic (exact) mass is 507 g/mol. The van der Waals surface area contributed by atoms with Crippen LogP contribution in [0, 0.1) is 0 Å². The number of hydrogen-bond donors (Lipinski definition) is 2. The van der Waals surface area contributed by atoms with Gasteiger partial charge >= 0.3 is 0 Å². The van der Waals surface area contributed by atoms with Crippen molar-refractivity contribution in [3.63, 3.8) is 0 Å². The third-order valence-corrected chi connectivity index (χ3v) is 4.31. The lowest BCUT2D eigenvalue weighted by Gasteiger charge is -2.13. The molecule has 0 radical (unpaired) electrons. The summed E-state index contributed by atoms with van der Waals surface area (Å²) in [6.07, 6.45) is 3.05. The summed E-state index contributed by atoms with van der Waals surface area (Å²) in [4.78, 5) is 4.61. The average molecular weight is 507 g/mol. The van der Waals surface area contributed by atoms with Crippen molar-refractivity contribution >= 4 is 29.9 Å². The smallest absolute Gasteiger partial charge is 0.191 e. The van der Waals surface area contributed by atoms with E-state index >= 15 is 0 Å². The highest BCUT2D eigenvalue weighted by molar-refractivity contribution is 14.0. The highest BCUT2D eigenvalue weighted by atomic mass is 127. The Labute approximate surface area is 185 Å². The van der Waals surface area contributed by atoms with Gasteiger partial charge in [-0.3, -0.25) is 4.99 Å². The Kier molecular flexibility index (Phi) is 13.0. The first-order valence-electron chi connectivity index (χ1n) is 9.69. The molecule has 0 bridgehead atoms. The van der Waals surface area contributed by atoms with Crippen molar-refractivity contribution in [2.45, 2.75) is 32.3 Å². The Balaban J connectivity index is 0.00000392. The quantitative estimate of drug-likeness (QED) is 0.208. The first kappa shape index (κ1) is 24.8. The first-order chi connectivity index (χ1) is 13.3. The Hall–Kier alpha value is -1.26. The lowest BCUT2D eigenvalue weighted by Crippen LogP contribution is -2.38. The molecule has 7 nitrogen and oxygen atoms in total. The molecule has 1 atom stereocenters. The van der Waals surface area contributed by atoms with Crippen LogP contribution in [0.5, 0.6) is 11.5 Å². The van der Waals surface area contributed by atoms with Crippen molar-refractivity contribution in [2.24, 2.45) is 4.99 Å². The van der Waals surface area contributed by atoms with Gasteiger partial charge in [-0.25, -0.2) is 0 Å². The second-order valence-electron chi connectivity index (χ2n) is 6.34. The van der Waals surface area contributed by atoms with E-state index in [1.807, 2.05) is 12.1 Å². The highest BCUT2D eigenvalue weighted by Gasteiger charge is 2.15. The Morgan fingerprint density at radius 1 is 1.21 bits per heavy atom. The van der Waals surface area contributed by atoms with Gasteiger partial charge in [0.15, 0.2) is 17.5 Å². The topological polar surface area (TPSA) is 73.3 Å². The molecule has 8 heteroatoms. The molecule has 0 spiro atoms. The summed E-state index contributed by atoms with van der Waals surface area (Å²) in [5, 5.41) is 6.65. The maximum Gasteiger partial charge on any atom is 0.191 e. The average Bonchev–Trinajstić information content (AvgIpc) is 3.21. The number of ether oxygens (including phenoxy) is 4. The van der Waals surface area contributed by atoms with Crippen LogP contribution in [0.2, 0.25) is 0 Å². The van der Waals surface area contributed by atoms with E-state index in [1.54, 1.807) is 14.2 Å². The summed E-state index contributed by atoms with van der Waals surface area (Å²) in [6.45, 7) is 6.69. The molecular weight excluding hydrogens is 473 g/mol. The van der Waals surface area contributed by atoms with Gasteiger partial charge in [-0.05, 0) is 43.9 Å². The second kappa shape index (κ2) is 14.7. The summed E-state index contributed by atoms with van der Waals surface area (Å²) in [5.74, 6) is 2.33. The summed E-state index contributed by atoms with van der Waals surface area (Å²) in [7, 11) is 3.30. The summed E-state index contributed by atoms with van der Waals surface area (Å²) < 4.78 is 21.7. The zero-order chi connectivity index (χ0) is 19.3. The fourth-order valence-electron chi connectivity index (χ4n) is 2.85. The van der Waals surface area contributed by atoms with Crippen LogP contribution in [0.1, 0.15) is 25.3 Å². The van der Waals surface area contributed by atoms with Crippen LogP contribution in [0.4, 0.5) is 0 Å². The number of rotatable bonds is 11. The molecule has 2 rings (SSSR count). The largest absolute Gasteiger partial charge is 0.493 e. The van der Waals surface area contributed by atoms with Crippen LogP contribution in [-0.2, 0) is 15.9 Å². The van der Waals surface area contributed by atoms with E-state index in [0.29, 0.717) is 0 Å². The van der Waals surface area contributed by atoms with E-state index in [9.17, 15) is 0 Å². The molecule has 1 heterocycles.